The number of hydrogen-bond donors (Lipinski definition) is 1. The van der Waals surface area contributed by atoms with E-state index in [0.29, 0.717) is 22.9 Å². The number of nitrogens with one attached hydrogen (secondary N) is 1. The molecule has 1 aromatic heterocycles. The van der Waals surface area contributed by atoms with E-state index >= 15 is 0 Å². The van der Waals surface area contributed by atoms with Gasteiger partial charge in [0.15, 0.2) is 0 Å². The first-order valence-electron chi connectivity index (χ1n) is 5.58. The highest BCUT2D eigenvalue weighted by Gasteiger charge is 2.10. The van der Waals surface area contributed by atoms with E-state index in [4.69, 9.17) is 16.0 Å². The monoisotopic (exact) mass is 265 g/mol. The second-order valence-corrected chi connectivity index (χ2v) is 4.16. The van der Waals surface area contributed by atoms with Crippen LogP contribution < -0.4 is 5.32 Å². The van der Waals surface area contributed by atoms with Gasteiger partial charge < -0.3 is 4.42 Å². The van der Waals surface area contributed by atoms with Crippen molar-refractivity contribution in [2.45, 2.75) is 19.8 Å². The van der Waals surface area contributed by atoms with Crippen molar-refractivity contribution in [2.75, 3.05) is 5.32 Å². The third-order valence-corrected chi connectivity index (χ3v) is 2.46. The van der Waals surface area contributed by atoms with Crippen molar-refractivity contribution in [3.05, 3.63) is 29.3 Å². The molecular weight excluding hydrogens is 254 g/mol. The van der Waals surface area contributed by atoms with Crippen molar-refractivity contribution in [2.24, 2.45) is 0 Å². The van der Waals surface area contributed by atoms with Crippen LogP contribution in [0.3, 0.4) is 0 Å². The summed E-state index contributed by atoms with van der Waals surface area (Å²) >= 11 is 5.87. The fourth-order valence-corrected chi connectivity index (χ4v) is 1.61. The van der Waals surface area contributed by atoms with Gasteiger partial charge in [-0.3, -0.25) is 10.1 Å². The normalized spacial score (nSPS) is 10.3. The summed E-state index contributed by atoms with van der Waals surface area (Å²) in [5.74, 6) is 0.183. The van der Waals surface area contributed by atoms with Gasteiger partial charge in [-0.25, -0.2) is 0 Å². The Morgan fingerprint density at radius 2 is 2.28 bits per heavy atom. The lowest BCUT2D eigenvalue weighted by Gasteiger charge is -1.97. The van der Waals surface area contributed by atoms with Crippen molar-refractivity contribution < 1.29 is 9.21 Å². The van der Waals surface area contributed by atoms with Gasteiger partial charge in [-0.2, -0.15) is 0 Å². The molecule has 2 aromatic rings. The minimum absolute atomic E-state index is 0.100. The summed E-state index contributed by atoms with van der Waals surface area (Å²) in [7, 11) is 0. The standard InChI is InChI=1S/C12H12ClN3O2/c1-2-4-10(17)14-12-16-15-11(18-12)8-5-3-6-9(13)7-8/h3,5-7H,2,4H2,1H3,(H,14,16,17). The van der Waals surface area contributed by atoms with Gasteiger partial charge in [0.1, 0.15) is 0 Å². The summed E-state index contributed by atoms with van der Waals surface area (Å²) in [4.78, 5) is 11.4. The van der Waals surface area contributed by atoms with Crippen LogP contribution in [-0.4, -0.2) is 16.1 Å². The van der Waals surface area contributed by atoms with Gasteiger partial charge in [-0.15, -0.1) is 5.10 Å². The summed E-state index contributed by atoms with van der Waals surface area (Å²) in [6, 6.07) is 7.16. The molecule has 18 heavy (non-hydrogen) atoms. The van der Waals surface area contributed by atoms with E-state index in [9.17, 15) is 4.79 Å². The van der Waals surface area contributed by atoms with Crippen LogP contribution in [0.5, 0.6) is 0 Å². The van der Waals surface area contributed by atoms with E-state index in [-0.39, 0.29) is 11.9 Å². The van der Waals surface area contributed by atoms with Gasteiger partial charge in [0.05, 0.1) is 0 Å². The van der Waals surface area contributed by atoms with Crippen molar-refractivity contribution in [1.82, 2.24) is 10.2 Å². The van der Waals surface area contributed by atoms with Crippen LogP contribution in [0.2, 0.25) is 5.02 Å². The molecule has 94 valence electrons. The Hall–Kier alpha value is -1.88. The van der Waals surface area contributed by atoms with Crippen LogP contribution >= 0.6 is 11.6 Å². The van der Waals surface area contributed by atoms with Gasteiger partial charge in [0.2, 0.25) is 11.8 Å². The molecule has 5 nitrogen and oxygen atoms in total. The average Bonchev–Trinajstić information content (AvgIpc) is 2.78. The summed E-state index contributed by atoms with van der Waals surface area (Å²) in [6.07, 6.45) is 1.19. The van der Waals surface area contributed by atoms with Gasteiger partial charge in [0, 0.05) is 17.0 Å². The van der Waals surface area contributed by atoms with E-state index in [1.54, 1.807) is 24.3 Å². The topological polar surface area (TPSA) is 68.0 Å². The number of carbonyl (C=O) groups excluding carboxylic acids is 1. The lowest BCUT2D eigenvalue weighted by atomic mass is 10.2. The zero-order chi connectivity index (χ0) is 13.0. The highest BCUT2D eigenvalue weighted by atomic mass is 35.5. The second kappa shape index (κ2) is 5.64. The number of rotatable bonds is 4. The lowest BCUT2D eigenvalue weighted by molar-refractivity contribution is -0.116. The Morgan fingerprint density at radius 3 is 3.00 bits per heavy atom. The molecule has 0 spiro atoms. The predicted octanol–water partition coefficient (Wildman–Crippen LogP) is 3.13. The Bertz CT molecular complexity index is 554. The maximum atomic E-state index is 11.4. The Morgan fingerprint density at radius 1 is 1.44 bits per heavy atom. The first-order valence-corrected chi connectivity index (χ1v) is 5.96. The van der Waals surface area contributed by atoms with Gasteiger partial charge in [-0.1, -0.05) is 29.7 Å². The van der Waals surface area contributed by atoms with Gasteiger partial charge in [0.25, 0.3) is 0 Å². The third kappa shape index (κ3) is 3.07. The minimum Gasteiger partial charge on any atom is -0.403 e. The highest BCUT2D eigenvalue weighted by Crippen LogP contribution is 2.22. The summed E-state index contributed by atoms with van der Waals surface area (Å²) in [5, 5.41) is 10.7. The third-order valence-electron chi connectivity index (χ3n) is 2.22. The number of anilines is 1. The zero-order valence-electron chi connectivity index (χ0n) is 9.81. The Balaban J connectivity index is 2.13. The van der Waals surface area contributed by atoms with Crippen LogP contribution in [0.25, 0.3) is 11.5 Å². The van der Waals surface area contributed by atoms with E-state index in [0.717, 1.165) is 6.42 Å². The molecule has 0 saturated carbocycles. The summed E-state index contributed by atoms with van der Waals surface area (Å²) in [6.45, 7) is 1.92. The molecule has 1 heterocycles. The largest absolute Gasteiger partial charge is 0.403 e. The van der Waals surface area contributed by atoms with Crippen molar-refractivity contribution >= 4 is 23.5 Å². The molecule has 0 bridgehead atoms. The maximum absolute atomic E-state index is 11.4. The molecule has 0 atom stereocenters. The van der Waals surface area contributed by atoms with Crippen LogP contribution in [0, 0.1) is 0 Å². The number of carbonyl (C=O) groups is 1. The smallest absolute Gasteiger partial charge is 0.322 e. The van der Waals surface area contributed by atoms with Crippen LogP contribution in [0.1, 0.15) is 19.8 Å². The quantitative estimate of drug-likeness (QED) is 0.922. The summed E-state index contributed by atoms with van der Waals surface area (Å²) < 4.78 is 5.33. The zero-order valence-corrected chi connectivity index (χ0v) is 10.6. The van der Waals surface area contributed by atoms with Gasteiger partial charge in [-0.05, 0) is 24.6 Å². The SMILES string of the molecule is CCCC(=O)Nc1nnc(-c2cccc(Cl)c2)o1. The molecule has 0 fully saturated rings. The van der Waals surface area contributed by atoms with E-state index in [1.807, 2.05) is 6.92 Å². The number of halogens is 1. The molecule has 0 radical (unpaired) electrons. The molecule has 2 rings (SSSR count). The molecule has 1 N–H and O–H groups in total. The first kappa shape index (κ1) is 12.6. The molecule has 0 unspecified atom stereocenters. The molecule has 1 amide bonds. The van der Waals surface area contributed by atoms with E-state index < -0.39 is 0 Å². The fourth-order valence-electron chi connectivity index (χ4n) is 1.42. The molecule has 0 aliphatic heterocycles. The number of nitrogens with zero attached hydrogens (tertiary/aromatic N) is 2. The number of hydrogen-bond acceptors (Lipinski definition) is 4. The van der Waals surface area contributed by atoms with Crippen molar-refractivity contribution in [3.8, 4) is 11.5 Å². The first-order chi connectivity index (χ1) is 8.69. The molecule has 0 saturated heterocycles. The van der Waals surface area contributed by atoms with Gasteiger partial charge >= 0.3 is 6.01 Å². The predicted molar refractivity (Wildman–Crippen MR) is 68.3 cm³/mol. The molecule has 6 heteroatoms. The van der Waals surface area contributed by atoms with Crippen LogP contribution in [0.15, 0.2) is 28.7 Å². The molecule has 0 aliphatic rings. The maximum Gasteiger partial charge on any atom is 0.322 e. The lowest BCUT2D eigenvalue weighted by Crippen LogP contribution is -2.10. The number of aromatic nitrogens is 2. The fraction of sp³-hybridized carbons (Fsp3) is 0.250. The van der Waals surface area contributed by atoms with E-state index in [2.05, 4.69) is 15.5 Å². The minimum atomic E-state index is -0.140. The Labute approximate surface area is 109 Å². The van der Waals surface area contributed by atoms with E-state index in [1.165, 1.54) is 0 Å². The van der Waals surface area contributed by atoms with Crippen LogP contribution in [-0.2, 0) is 4.79 Å². The molecule has 1 aromatic carbocycles. The highest BCUT2D eigenvalue weighted by molar-refractivity contribution is 6.30. The van der Waals surface area contributed by atoms with Crippen molar-refractivity contribution in [3.63, 3.8) is 0 Å². The molecule has 0 aliphatic carbocycles. The second-order valence-electron chi connectivity index (χ2n) is 3.72. The van der Waals surface area contributed by atoms with Crippen LogP contribution in [0.4, 0.5) is 6.01 Å². The number of amides is 1. The van der Waals surface area contributed by atoms with Crippen molar-refractivity contribution in [1.29, 1.82) is 0 Å². The average molecular weight is 266 g/mol. The molecular formula is C12H12ClN3O2. The Kier molecular flexibility index (Phi) is 3.94. The summed E-state index contributed by atoms with van der Waals surface area (Å²) in [5.41, 5.74) is 0.714. The number of benzene rings is 1.